The van der Waals surface area contributed by atoms with Crippen LogP contribution in [-0.2, 0) is 6.42 Å². The molecule has 0 saturated heterocycles. The standard InChI is InChI=1S/C17H20FN/c1-12-4-7-14(8-5-12)11-17(19-3)15-10-13(2)6-9-16(15)18/h4-10,17,19H,11H2,1-3H3. The van der Waals surface area contributed by atoms with Crippen molar-refractivity contribution in [1.82, 2.24) is 5.32 Å². The molecule has 0 aliphatic rings. The fourth-order valence-electron chi connectivity index (χ4n) is 2.26. The van der Waals surface area contributed by atoms with Gasteiger partial charge in [0.05, 0.1) is 0 Å². The lowest BCUT2D eigenvalue weighted by molar-refractivity contribution is 0.533. The van der Waals surface area contributed by atoms with Gasteiger partial charge in [-0.2, -0.15) is 0 Å². The summed E-state index contributed by atoms with van der Waals surface area (Å²) < 4.78 is 13.9. The molecular formula is C17H20FN. The van der Waals surface area contributed by atoms with Gasteiger partial charge in [0, 0.05) is 11.6 Å². The number of nitrogens with one attached hydrogen (secondary N) is 1. The maximum atomic E-state index is 13.9. The van der Waals surface area contributed by atoms with E-state index in [0.717, 1.165) is 17.5 Å². The summed E-state index contributed by atoms with van der Waals surface area (Å²) >= 11 is 0. The molecule has 19 heavy (non-hydrogen) atoms. The molecule has 0 amide bonds. The van der Waals surface area contributed by atoms with Crippen molar-refractivity contribution in [2.75, 3.05) is 7.05 Å². The number of aryl methyl sites for hydroxylation is 2. The molecule has 0 aliphatic heterocycles. The van der Waals surface area contributed by atoms with Gasteiger partial charge in [0.2, 0.25) is 0 Å². The van der Waals surface area contributed by atoms with Crippen molar-refractivity contribution in [1.29, 1.82) is 0 Å². The minimum atomic E-state index is -0.142. The zero-order valence-corrected chi connectivity index (χ0v) is 11.7. The van der Waals surface area contributed by atoms with Crippen LogP contribution >= 0.6 is 0 Å². The molecule has 2 rings (SSSR count). The van der Waals surface area contributed by atoms with Crippen LogP contribution in [0.2, 0.25) is 0 Å². The van der Waals surface area contributed by atoms with Crippen LogP contribution in [0.25, 0.3) is 0 Å². The van der Waals surface area contributed by atoms with E-state index in [1.54, 1.807) is 12.1 Å². The van der Waals surface area contributed by atoms with E-state index in [9.17, 15) is 4.39 Å². The van der Waals surface area contributed by atoms with Gasteiger partial charge < -0.3 is 5.32 Å². The second kappa shape index (κ2) is 5.98. The van der Waals surface area contributed by atoms with Crippen LogP contribution in [0.15, 0.2) is 42.5 Å². The quantitative estimate of drug-likeness (QED) is 0.874. The van der Waals surface area contributed by atoms with Crippen LogP contribution in [0, 0.1) is 19.7 Å². The maximum absolute atomic E-state index is 13.9. The number of halogens is 1. The van der Waals surface area contributed by atoms with Gasteiger partial charge in [0.15, 0.2) is 0 Å². The van der Waals surface area contributed by atoms with Gasteiger partial charge in [0.25, 0.3) is 0 Å². The van der Waals surface area contributed by atoms with Crippen LogP contribution in [0.4, 0.5) is 4.39 Å². The number of hydrogen-bond acceptors (Lipinski definition) is 1. The summed E-state index contributed by atoms with van der Waals surface area (Å²) in [6, 6.07) is 13.7. The van der Waals surface area contributed by atoms with Crippen molar-refractivity contribution in [3.63, 3.8) is 0 Å². The Bertz CT molecular complexity index is 546. The molecule has 1 nitrogen and oxygen atoms in total. The third kappa shape index (κ3) is 3.42. The Hall–Kier alpha value is -1.67. The van der Waals surface area contributed by atoms with Crippen LogP contribution in [0.3, 0.4) is 0 Å². The first kappa shape index (κ1) is 13.8. The van der Waals surface area contributed by atoms with Gasteiger partial charge in [-0.05, 0) is 38.9 Å². The largest absolute Gasteiger partial charge is 0.313 e. The molecule has 0 aromatic heterocycles. The number of likely N-dealkylation sites (N-methyl/N-ethyl adjacent to an activating group) is 1. The molecule has 1 atom stereocenters. The van der Waals surface area contributed by atoms with E-state index in [4.69, 9.17) is 0 Å². The Morgan fingerprint density at radius 3 is 2.26 bits per heavy atom. The highest BCUT2D eigenvalue weighted by molar-refractivity contribution is 5.29. The van der Waals surface area contributed by atoms with Crippen molar-refractivity contribution in [3.8, 4) is 0 Å². The average Bonchev–Trinajstić information content (AvgIpc) is 2.41. The van der Waals surface area contributed by atoms with Crippen molar-refractivity contribution >= 4 is 0 Å². The summed E-state index contributed by atoms with van der Waals surface area (Å²) in [4.78, 5) is 0. The second-order valence-electron chi connectivity index (χ2n) is 5.06. The first-order chi connectivity index (χ1) is 9.10. The van der Waals surface area contributed by atoms with Gasteiger partial charge in [-0.1, -0.05) is 47.5 Å². The summed E-state index contributed by atoms with van der Waals surface area (Å²) in [5, 5.41) is 3.21. The van der Waals surface area contributed by atoms with Crippen molar-refractivity contribution in [2.24, 2.45) is 0 Å². The predicted molar refractivity (Wildman–Crippen MR) is 77.8 cm³/mol. The third-order valence-electron chi connectivity index (χ3n) is 3.44. The Labute approximate surface area is 114 Å². The van der Waals surface area contributed by atoms with E-state index in [1.165, 1.54) is 11.1 Å². The molecule has 2 aromatic carbocycles. The summed E-state index contributed by atoms with van der Waals surface area (Å²) in [5.74, 6) is -0.142. The SMILES string of the molecule is CNC(Cc1ccc(C)cc1)c1cc(C)ccc1F. The minimum absolute atomic E-state index is 0.00241. The molecule has 0 spiro atoms. The topological polar surface area (TPSA) is 12.0 Å². The van der Waals surface area contributed by atoms with E-state index in [2.05, 4.69) is 36.5 Å². The fourth-order valence-corrected chi connectivity index (χ4v) is 2.26. The zero-order valence-electron chi connectivity index (χ0n) is 11.7. The molecule has 1 unspecified atom stereocenters. The molecular weight excluding hydrogens is 237 g/mol. The highest BCUT2D eigenvalue weighted by Crippen LogP contribution is 2.22. The molecule has 0 bridgehead atoms. The normalized spacial score (nSPS) is 12.4. The zero-order chi connectivity index (χ0) is 13.8. The van der Waals surface area contributed by atoms with E-state index in [1.807, 2.05) is 20.0 Å². The minimum Gasteiger partial charge on any atom is -0.313 e. The summed E-state index contributed by atoms with van der Waals surface area (Å²) in [6.07, 6.45) is 0.789. The Morgan fingerprint density at radius 1 is 1.00 bits per heavy atom. The molecule has 1 N–H and O–H groups in total. The van der Waals surface area contributed by atoms with Gasteiger partial charge >= 0.3 is 0 Å². The molecule has 0 saturated carbocycles. The van der Waals surface area contributed by atoms with Crippen molar-refractivity contribution in [2.45, 2.75) is 26.3 Å². The van der Waals surface area contributed by atoms with Crippen LogP contribution in [-0.4, -0.2) is 7.05 Å². The Balaban J connectivity index is 2.24. The van der Waals surface area contributed by atoms with E-state index in [0.29, 0.717) is 0 Å². The lowest BCUT2D eigenvalue weighted by atomic mass is 9.97. The average molecular weight is 257 g/mol. The third-order valence-corrected chi connectivity index (χ3v) is 3.44. The monoisotopic (exact) mass is 257 g/mol. The molecule has 0 aliphatic carbocycles. The van der Waals surface area contributed by atoms with Crippen LogP contribution in [0.1, 0.15) is 28.3 Å². The smallest absolute Gasteiger partial charge is 0.128 e. The Kier molecular flexibility index (Phi) is 4.33. The van der Waals surface area contributed by atoms with Gasteiger partial charge in [0.1, 0.15) is 5.82 Å². The summed E-state index contributed by atoms with van der Waals surface area (Å²) in [6.45, 7) is 4.06. The van der Waals surface area contributed by atoms with Gasteiger partial charge in [-0.3, -0.25) is 0 Å². The first-order valence-corrected chi connectivity index (χ1v) is 6.59. The first-order valence-electron chi connectivity index (χ1n) is 6.59. The molecule has 2 heteroatoms. The second-order valence-corrected chi connectivity index (χ2v) is 5.06. The highest BCUT2D eigenvalue weighted by Gasteiger charge is 2.14. The number of benzene rings is 2. The number of rotatable bonds is 4. The summed E-state index contributed by atoms with van der Waals surface area (Å²) in [5.41, 5.74) is 4.28. The molecule has 2 aromatic rings. The van der Waals surface area contributed by atoms with Crippen LogP contribution in [0.5, 0.6) is 0 Å². The predicted octanol–water partition coefficient (Wildman–Crippen LogP) is 3.95. The van der Waals surface area contributed by atoms with Crippen molar-refractivity contribution < 1.29 is 4.39 Å². The molecule has 0 heterocycles. The lowest BCUT2D eigenvalue weighted by Crippen LogP contribution is -2.20. The van der Waals surface area contributed by atoms with Crippen molar-refractivity contribution in [3.05, 3.63) is 70.5 Å². The van der Waals surface area contributed by atoms with E-state index >= 15 is 0 Å². The maximum Gasteiger partial charge on any atom is 0.128 e. The lowest BCUT2D eigenvalue weighted by Gasteiger charge is -2.18. The van der Waals surface area contributed by atoms with Crippen LogP contribution < -0.4 is 5.32 Å². The molecule has 100 valence electrons. The number of hydrogen-bond donors (Lipinski definition) is 1. The Morgan fingerprint density at radius 2 is 1.63 bits per heavy atom. The highest BCUT2D eigenvalue weighted by atomic mass is 19.1. The van der Waals surface area contributed by atoms with E-state index < -0.39 is 0 Å². The van der Waals surface area contributed by atoms with Gasteiger partial charge in [-0.15, -0.1) is 0 Å². The van der Waals surface area contributed by atoms with Gasteiger partial charge in [-0.25, -0.2) is 4.39 Å². The summed E-state index contributed by atoms with van der Waals surface area (Å²) in [7, 11) is 1.88. The fraction of sp³-hybridized carbons (Fsp3) is 0.294. The molecule has 0 fully saturated rings. The van der Waals surface area contributed by atoms with E-state index in [-0.39, 0.29) is 11.9 Å². The molecule has 0 radical (unpaired) electrons.